The highest BCUT2D eigenvalue weighted by molar-refractivity contribution is 7.89. The van der Waals surface area contributed by atoms with E-state index in [1.165, 1.54) is 10.6 Å². The van der Waals surface area contributed by atoms with Crippen molar-refractivity contribution < 1.29 is 8.42 Å². The number of nitrogens with zero attached hydrogens (tertiary/aromatic N) is 1. The van der Waals surface area contributed by atoms with Gasteiger partial charge in [0.2, 0.25) is 10.0 Å². The maximum Gasteiger partial charge on any atom is 0.307 e. The average Bonchev–Trinajstić information content (AvgIpc) is 3.01. The van der Waals surface area contributed by atoms with Crippen molar-refractivity contribution in [2.75, 3.05) is 0 Å². The van der Waals surface area contributed by atoms with E-state index in [0.29, 0.717) is 4.70 Å². The molecule has 0 unspecified atom stereocenters. The number of nitrogens with one attached hydrogen (secondary N) is 1. The lowest BCUT2D eigenvalue weighted by atomic mass is 9.96. The Kier molecular flexibility index (Phi) is 5.12. The zero-order valence-electron chi connectivity index (χ0n) is 16.0. The number of fused-ring (bicyclic) bond motifs is 1. The molecule has 5 nitrogen and oxygen atoms in total. The summed E-state index contributed by atoms with van der Waals surface area (Å²) in [5, 5.41) is 0. The zero-order valence-corrected chi connectivity index (χ0v) is 17.6. The molecule has 0 fully saturated rings. The van der Waals surface area contributed by atoms with Gasteiger partial charge >= 0.3 is 4.87 Å². The Balaban J connectivity index is 1.79. The minimum Gasteiger partial charge on any atom is -0.302 e. The first-order valence-electron chi connectivity index (χ1n) is 9.09. The van der Waals surface area contributed by atoms with Crippen LogP contribution in [0.15, 0.2) is 82.5 Å². The smallest absolute Gasteiger partial charge is 0.302 e. The molecule has 0 saturated heterocycles. The second kappa shape index (κ2) is 7.59. The van der Waals surface area contributed by atoms with Gasteiger partial charge in [0.05, 0.1) is 21.2 Å². The normalized spacial score (nSPS) is 12.9. The first-order chi connectivity index (χ1) is 13.9. The highest BCUT2D eigenvalue weighted by Crippen LogP contribution is 2.28. The summed E-state index contributed by atoms with van der Waals surface area (Å²) in [6.07, 6.45) is 0. The Morgan fingerprint density at radius 3 is 2.38 bits per heavy atom. The first kappa shape index (κ1) is 19.6. The third-order valence-corrected chi connectivity index (χ3v) is 7.40. The van der Waals surface area contributed by atoms with Crippen LogP contribution >= 0.6 is 11.3 Å². The van der Waals surface area contributed by atoms with E-state index in [1.807, 2.05) is 61.5 Å². The van der Waals surface area contributed by atoms with Gasteiger partial charge in [-0.2, -0.15) is 4.72 Å². The molecule has 148 valence electrons. The van der Waals surface area contributed by atoms with E-state index in [1.54, 1.807) is 19.2 Å². The molecule has 29 heavy (non-hydrogen) atoms. The maximum absolute atomic E-state index is 13.2. The minimum absolute atomic E-state index is 0.121. The average molecular weight is 425 g/mol. The summed E-state index contributed by atoms with van der Waals surface area (Å²) in [7, 11) is -2.14. The topological polar surface area (TPSA) is 68.2 Å². The number of thiazole rings is 1. The summed E-state index contributed by atoms with van der Waals surface area (Å²) in [6.45, 7) is 1.97. The molecule has 3 aromatic carbocycles. The number of rotatable bonds is 5. The molecule has 1 atom stereocenters. The minimum atomic E-state index is -3.82. The molecule has 1 heterocycles. The molecule has 0 saturated carbocycles. The van der Waals surface area contributed by atoms with Gasteiger partial charge in [0, 0.05) is 7.05 Å². The quantitative estimate of drug-likeness (QED) is 0.527. The fourth-order valence-electron chi connectivity index (χ4n) is 3.37. The summed E-state index contributed by atoms with van der Waals surface area (Å²) >= 11 is 1.04. The molecule has 4 rings (SSSR count). The molecular weight excluding hydrogens is 404 g/mol. The van der Waals surface area contributed by atoms with Crippen molar-refractivity contribution in [1.29, 1.82) is 0 Å². The van der Waals surface area contributed by atoms with Crippen LogP contribution in [0.2, 0.25) is 0 Å². The van der Waals surface area contributed by atoms with E-state index in [9.17, 15) is 13.2 Å². The number of sulfonamides is 1. The predicted molar refractivity (Wildman–Crippen MR) is 117 cm³/mol. The summed E-state index contributed by atoms with van der Waals surface area (Å²) in [5.41, 5.74) is 3.47. The Morgan fingerprint density at radius 2 is 1.66 bits per heavy atom. The molecule has 1 aromatic heterocycles. The lowest BCUT2D eigenvalue weighted by molar-refractivity contribution is 0.572. The van der Waals surface area contributed by atoms with E-state index in [4.69, 9.17) is 0 Å². The van der Waals surface area contributed by atoms with E-state index >= 15 is 0 Å². The molecular formula is C22H20N2O3S2. The molecule has 4 aromatic rings. The van der Waals surface area contributed by atoms with Crippen molar-refractivity contribution in [1.82, 2.24) is 9.29 Å². The lowest BCUT2D eigenvalue weighted by Gasteiger charge is -2.21. The van der Waals surface area contributed by atoms with Gasteiger partial charge in [0.25, 0.3) is 0 Å². The molecule has 0 aliphatic rings. The monoisotopic (exact) mass is 424 g/mol. The van der Waals surface area contributed by atoms with Gasteiger partial charge in [-0.1, -0.05) is 65.9 Å². The number of aryl methyl sites for hydroxylation is 2. The number of benzene rings is 3. The Hall–Kier alpha value is -2.74. The van der Waals surface area contributed by atoms with Crippen LogP contribution in [-0.2, 0) is 17.1 Å². The molecule has 7 heteroatoms. The summed E-state index contributed by atoms with van der Waals surface area (Å²) in [4.78, 5) is 11.9. The van der Waals surface area contributed by atoms with Gasteiger partial charge in [-0.05, 0) is 41.8 Å². The molecule has 0 spiro atoms. The third-order valence-electron chi connectivity index (χ3n) is 4.98. The van der Waals surface area contributed by atoms with Crippen molar-refractivity contribution in [2.45, 2.75) is 17.9 Å². The molecule has 1 N–H and O–H groups in total. The van der Waals surface area contributed by atoms with Crippen LogP contribution in [-0.4, -0.2) is 13.0 Å². The van der Waals surface area contributed by atoms with Crippen LogP contribution in [0.4, 0.5) is 0 Å². The van der Waals surface area contributed by atoms with Crippen LogP contribution in [0.1, 0.15) is 22.7 Å². The van der Waals surface area contributed by atoms with E-state index in [2.05, 4.69) is 4.72 Å². The molecule has 0 amide bonds. The maximum atomic E-state index is 13.2. The van der Waals surface area contributed by atoms with Crippen LogP contribution in [0.25, 0.3) is 10.2 Å². The number of hydrogen-bond acceptors (Lipinski definition) is 4. The summed E-state index contributed by atoms with van der Waals surface area (Å²) in [5.74, 6) is 0. The van der Waals surface area contributed by atoms with Crippen molar-refractivity contribution in [2.24, 2.45) is 7.05 Å². The number of hydrogen-bond donors (Lipinski definition) is 1. The fraction of sp³-hybridized carbons (Fsp3) is 0.136. The second-order valence-corrected chi connectivity index (χ2v) is 9.59. The Bertz CT molecular complexity index is 1340. The third kappa shape index (κ3) is 3.76. The molecule has 0 aliphatic heterocycles. The van der Waals surface area contributed by atoms with E-state index in [-0.39, 0.29) is 9.77 Å². The van der Waals surface area contributed by atoms with Gasteiger partial charge in [-0.3, -0.25) is 4.79 Å². The van der Waals surface area contributed by atoms with Crippen LogP contribution < -0.4 is 9.60 Å². The predicted octanol–water partition coefficient (Wildman–Crippen LogP) is 3.98. The van der Waals surface area contributed by atoms with Gasteiger partial charge in [-0.15, -0.1) is 0 Å². The van der Waals surface area contributed by atoms with Crippen molar-refractivity contribution in [3.05, 3.63) is 99.2 Å². The Labute approximate surface area is 173 Å². The summed E-state index contributed by atoms with van der Waals surface area (Å²) < 4.78 is 31.5. The zero-order chi connectivity index (χ0) is 20.6. The molecule has 0 bridgehead atoms. The van der Waals surface area contributed by atoms with Gasteiger partial charge in [0.15, 0.2) is 0 Å². The van der Waals surface area contributed by atoms with Crippen LogP contribution in [0, 0.1) is 6.92 Å². The van der Waals surface area contributed by atoms with Crippen molar-refractivity contribution in [3.8, 4) is 0 Å². The highest BCUT2D eigenvalue weighted by atomic mass is 32.2. The second-order valence-electron chi connectivity index (χ2n) is 6.88. The molecule has 0 aliphatic carbocycles. The SMILES string of the molecule is Cc1ccccc1[C@H](NS(=O)(=O)c1ccc2c(c1)sc(=O)n2C)c1ccccc1. The van der Waals surface area contributed by atoms with Gasteiger partial charge in [0.1, 0.15) is 0 Å². The summed E-state index contributed by atoms with van der Waals surface area (Å²) in [6, 6.07) is 21.5. The highest BCUT2D eigenvalue weighted by Gasteiger charge is 2.24. The molecule has 0 radical (unpaired) electrons. The van der Waals surface area contributed by atoms with Crippen LogP contribution in [0.5, 0.6) is 0 Å². The van der Waals surface area contributed by atoms with Crippen LogP contribution in [0.3, 0.4) is 0 Å². The van der Waals surface area contributed by atoms with Gasteiger partial charge in [-0.25, -0.2) is 8.42 Å². The van der Waals surface area contributed by atoms with Gasteiger partial charge < -0.3 is 4.57 Å². The lowest BCUT2D eigenvalue weighted by Crippen LogP contribution is -2.30. The standard InChI is InChI=1S/C22H20N2O3S2/c1-15-8-6-7-11-18(15)21(16-9-4-3-5-10-16)23-29(26,27)17-12-13-19-20(14-17)28-22(25)24(19)2/h3-14,21,23H,1-2H3/t21-/m1/s1. The largest absolute Gasteiger partial charge is 0.307 e. The van der Waals surface area contributed by atoms with E-state index < -0.39 is 16.1 Å². The Morgan fingerprint density at radius 1 is 0.966 bits per heavy atom. The fourth-order valence-corrected chi connectivity index (χ4v) is 5.59. The van der Waals surface area contributed by atoms with Crippen molar-refractivity contribution >= 4 is 31.6 Å². The number of aromatic nitrogens is 1. The first-order valence-corrected chi connectivity index (χ1v) is 11.4. The van der Waals surface area contributed by atoms with E-state index in [0.717, 1.165) is 33.5 Å². The van der Waals surface area contributed by atoms with Crippen molar-refractivity contribution in [3.63, 3.8) is 0 Å².